The number of nitrogens with zero attached hydrogens (tertiary/aromatic N) is 1. The van der Waals surface area contributed by atoms with Gasteiger partial charge in [0.15, 0.2) is 0 Å². The Morgan fingerprint density at radius 1 is 0.308 bits per heavy atom. The first-order valence-electron chi connectivity index (χ1n) is 17.7. The fourth-order valence-corrected chi connectivity index (χ4v) is 8.69. The first-order chi connectivity index (χ1) is 25.7. The summed E-state index contributed by atoms with van der Waals surface area (Å²) >= 11 is 1.86. The predicted octanol–water partition coefficient (Wildman–Crippen LogP) is 14.8. The molecular formula is C50H33NS. The normalized spacial score (nSPS) is 11.5. The third-order valence-corrected chi connectivity index (χ3v) is 11.4. The van der Waals surface area contributed by atoms with E-state index in [1.54, 1.807) is 0 Å². The molecule has 0 unspecified atom stereocenters. The van der Waals surface area contributed by atoms with E-state index in [2.05, 4.69) is 205 Å². The number of thiophene rings is 1. The van der Waals surface area contributed by atoms with Gasteiger partial charge in [-0.25, -0.2) is 0 Å². The lowest BCUT2D eigenvalue weighted by Gasteiger charge is -2.28. The highest BCUT2D eigenvalue weighted by Crippen LogP contribution is 2.44. The minimum atomic E-state index is 1.12. The quantitative estimate of drug-likeness (QED) is 0.169. The van der Waals surface area contributed by atoms with E-state index in [1.807, 2.05) is 11.3 Å². The molecule has 0 saturated carbocycles. The zero-order chi connectivity index (χ0) is 34.4. The predicted molar refractivity (Wildman–Crippen MR) is 225 cm³/mol. The second-order valence-electron chi connectivity index (χ2n) is 13.4. The van der Waals surface area contributed by atoms with Gasteiger partial charge in [0.05, 0.1) is 5.69 Å². The Morgan fingerprint density at radius 2 is 0.846 bits per heavy atom. The Hall–Kier alpha value is -6.48. The van der Waals surface area contributed by atoms with Gasteiger partial charge in [0.1, 0.15) is 0 Å². The summed E-state index contributed by atoms with van der Waals surface area (Å²) < 4.78 is 2.62. The lowest BCUT2D eigenvalue weighted by atomic mass is 9.96. The zero-order valence-corrected chi connectivity index (χ0v) is 29.2. The molecule has 10 rings (SSSR count). The summed E-state index contributed by atoms with van der Waals surface area (Å²) in [6, 6.07) is 73.1. The van der Waals surface area contributed by atoms with Crippen molar-refractivity contribution in [2.75, 3.05) is 4.90 Å². The van der Waals surface area contributed by atoms with Crippen molar-refractivity contribution >= 4 is 70.1 Å². The smallest absolute Gasteiger partial charge is 0.0540 e. The maximum atomic E-state index is 2.43. The molecule has 0 amide bonds. The van der Waals surface area contributed by atoms with Gasteiger partial charge in [-0.3, -0.25) is 0 Å². The third-order valence-electron chi connectivity index (χ3n) is 10.2. The van der Waals surface area contributed by atoms with Gasteiger partial charge in [0, 0.05) is 37.1 Å². The number of rotatable bonds is 6. The molecule has 2 heteroatoms. The number of anilines is 3. The van der Waals surface area contributed by atoms with Gasteiger partial charge in [0.2, 0.25) is 0 Å². The zero-order valence-electron chi connectivity index (χ0n) is 28.4. The Kier molecular flexibility index (Phi) is 7.41. The summed E-state index contributed by atoms with van der Waals surface area (Å²) in [5, 5.41) is 7.50. The first kappa shape index (κ1) is 30.4. The molecule has 0 aliphatic heterocycles. The molecule has 0 radical (unpaired) electrons. The number of para-hydroxylation sites is 1. The van der Waals surface area contributed by atoms with Gasteiger partial charge >= 0.3 is 0 Å². The highest BCUT2D eigenvalue weighted by Gasteiger charge is 2.19. The molecule has 52 heavy (non-hydrogen) atoms. The van der Waals surface area contributed by atoms with Crippen LogP contribution >= 0.6 is 11.3 Å². The lowest BCUT2D eigenvalue weighted by Crippen LogP contribution is -2.11. The molecule has 1 heterocycles. The van der Waals surface area contributed by atoms with E-state index in [1.165, 1.54) is 75.1 Å². The summed E-state index contributed by atoms with van der Waals surface area (Å²) in [5.41, 5.74) is 10.7. The van der Waals surface area contributed by atoms with E-state index in [0.29, 0.717) is 0 Å². The highest BCUT2D eigenvalue weighted by molar-refractivity contribution is 7.25. The van der Waals surface area contributed by atoms with Crippen molar-refractivity contribution in [3.8, 4) is 33.4 Å². The van der Waals surface area contributed by atoms with Crippen molar-refractivity contribution in [2.45, 2.75) is 0 Å². The maximum absolute atomic E-state index is 2.43. The molecule has 0 aliphatic rings. The summed E-state index contributed by atoms with van der Waals surface area (Å²) in [5.74, 6) is 0. The fourth-order valence-electron chi connectivity index (χ4n) is 7.60. The molecule has 0 aliphatic carbocycles. The number of hydrogen-bond donors (Lipinski definition) is 0. The molecule has 9 aromatic carbocycles. The maximum Gasteiger partial charge on any atom is 0.0540 e. The first-order valence-corrected chi connectivity index (χ1v) is 18.6. The Labute approximate surface area is 307 Å². The van der Waals surface area contributed by atoms with Crippen LogP contribution in [0.25, 0.3) is 75.1 Å². The molecular weight excluding hydrogens is 647 g/mol. The van der Waals surface area contributed by atoms with Crippen LogP contribution in [-0.2, 0) is 0 Å². The number of benzene rings is 9. The second-order valence-corrected chi connectivity index (χ2v) is 14.5. The molecule has 0 fully saturated rings. The molecule has 1 nitrogen and oxygen atoms in total. The Morgan fingerprint density at radius 3 is 1.62 bits per heavy atom. The molecule has 10 aromatic rings. The molecule has 0 bridgehead atoms. The van der Waals surface area contributed by atoms with Gasteiger partial charge in [-0.15, -0.1) is 11.3 Å². The molecule has 0 spiro atoms. The standard InChI is InChI=1S/C50H33NS/c1-3-11-34(12-4-1)37-21-22-39-30-40(24-23-38(39)29-37)41-20-19-35-25-26-43(32-42(35)31-41)51(48-17-9-7-15-45(48)36-13-5-2-6-14-36)44-27-28-50-47(33-44)46-16-8-10-18-49(46)52-50/h1-33H. The van der Waals surface area contributed by atoms with Gasteiger partial charge in [-0.1, -0.05) is 140 Å². The van der Waals surface area contributed by atoms with Crippen molar-refractivity contribution in [3.63, 3.8) is 0 Å². The molecule has 1 aromatic heterocycles. The van der Waals surface area contributed by atoms with Crippen LogP contribution in [0.3, 0.4) is 0 Å². The van der Waals surface area contributed by atoms with E-state index in [0.717, 1.165) is 17.1 Å². The molecule has 244 valence electrons. The minimum absolute atomic E-state index is 1.12. The third kappa shape index (κ3) is 5.42. The van der Waals surface area contributed by atoms with Crippen molar-refractivity contribution in [1.82, 2.24) is 0 Å². The van der Waals surface area contributed by atoms with E-state index in [9.17, 15) is 0 Å². The summed E-state index contributed by atoms with van der Waals surface area (Å²) in [4.78, 5) is 2.43. The van der Waals surface area contributed by atoms with E-state index < -0.39 is 0 Å². The van der Waals surface area contributed by atoms with Crippen molar-refractivity contribution in [1.29, 1.82) is 0 Å². The van der Waals surface area contributed by atoms with Crippen molar-refractivity contribution in [2.24, 2.45) is 0 Å². The Bertz CT molecular complexity index is 2910. The molecule has 0 N–H and O–H groups in total. The van der Waals surface area contributed by atoms with Crippen LogP contribution in [0.5, 0.6) is 0 Å². The van der Waals surface area contributed by atoms with Gasteiger partial charge < -0.3 is 4.90 Å². The summed E-state index contributed by atoms with van der Waals surface area (Å²) in [7, 11) is 0. The van der Waals surface area contributed by atoms with Crippen molar-refractivity contribution < 1.29 is 0 Å². The van der Waals surface area contributed by atoms with Crippen LogP contribution in [0.1, 0.15) is 0 Å². The van der Waals surface area contributed by atoms with Crippen LogP contribution < -0.4 is 4.90 Å². The highest BCUT2D eigenvalue weighted by atomic mass is 32.1. The Balaban J connectivity index is 1.11. The van der Waals surface area contributed by atoms with E-state index in [4.69, 9.17) is 0 Å². The van der Waals surface area contributed by atoms with Crippen LogP contribution in [0, 0.1) is 0 Å². The second kappa shape index (κ2) is 12.7. The van der Waals surface area contributed by atoms with Crippen LogP contribution in [-0.4, -0.2) is 0 Å². The topological polar surface area (TPSA) is 3.24 Å². The van der Waals surface area contributed by atoms with Gasteiger partial charge in [-0.05, 0) is 110 Å². The summed E-state index contributed by atoms with van der Waals surface area (Å²) in [6.07, 6.45) is 0. The largest absolute Gasteiger partial charge is 0.310 e. The minimum Gasteiger partial charge on any atom is -0.310 e. The van der Waals surface area contributed by atoms with Gasteiger partial charge in [0.25, 0.3) is 0 Å². The lowest BCUT2D eigenvalue weighted by molar-refractivity contribution is 1.29. The fraction of sp³-hybridized carbons (Fsp3) is 0. The molecule has 0 saturated heterocycles. The average Bonchev–Trinajstić information content (AvgIpc) is 3.59. The molecule has 0 atom stereocenters. The number of fused-ring (bicyclic) bond motifs is 5. The van der Waals surface area contributed by atoms with Crippen LogP contribution in [0.4, 0.5) is 17.1 Å². The van der Waals surface area contributed by atoms with E-state index in [-0.39, 0.29) is 0 Å². The summed E-state index contributed by atoms with van der Waals surface area (Å²) in [6.45, 7) is 0. The van der Waals surface area contributed by atoms with Crippen LogP contribution in [0.15, 0.2) is 200 Å². The van der Waals surface area contributed by atoms with E-state index >= 15 is 0 Å². The van der Waals surface area contributed by atoms with Gasteiger partial charge in [-0.2, -0.15) is 0 Å². The SMILES string of the molecule is c1ccc(-c2ccc3cc(-c4ccc5ccc(N(c6ccc7sc8ccccc8c7c6)c6ccccc6-c6ccccc6)cc5c4)ccc3c2)cc1. The van der Waals surface area contributed by atoms with Crippen LogP contribution in [0.2, 0.25) is 0 Å². The number of hydrogen-bond acceptors (Lipinski definition) is 2. The monoisotopic (exact) mass is 679 g/mol. The average molecular weight is 680 g/mol. The van der Waals surface area contributed by atoms with Crippen molar-refractivity contribution in [3.05, 3.63) is 200 Å².